The van der Waals surface area contributed by atoms with Gasteiger partial charge in [-0.2, -0.15) is 0 Å². The molecule has 0 aliphatic carbocycles. The number of halogens is 3. The SMILES string of the molecule is Cc1cc(C(=O)NCC(=O)Nc2ccc(F)c(F)c2F)c(C)n1C(C)C. The Morgan fingerprint density at radius 3 is 2.35 bits per heavy atom. The third-order valence-corrected chi connectivity index (χ3v) is 3.96. The first kappa shape index (κ1) is 19.6. The molecule has 0 saturated carbocycles. The van der Waals surface area contributed by atoms with Crippen molar-refractivity contribution in [2.45, 2.75) is 33.7 Å². The number of hydrogen-bond donors (Lipinski definition) is 2. The van der Waals surface area contributed by atoms with Gasteiger partial charge in [-0.3, -0.25) is 9.59 Å². The van der Waals surface area contributed by atoms with Crippen molar-refractivity contribution in [2.24, 2.45) is 0 Å². The second-order valence-corrected chi connectivity index (χ2v) is 6.20. The Balaban J connectivity index is 2.03. The first-order valence-electron chi connectivity index (χ1n) is 8.03. The number of benzene rings is 1. The summed E-state index contributed by atoms with van der Waals surface area (Å²) in [5.74, 6) is -5.74. The summed E-state index contributed by atoms with van der Waals surface area (Å²) in [4.78, 5) is 24.1. The molecule has 0 unspecified atom stereocenters. The number of aromatic nitrogens is 1. The molecule has 0 aliphatic rings. The summed E-state index contributed by atoms with van der Waals surface area (Å²) in [5, 5.41) is 4.52. The Hall–Kier alpha value is -2.77. The molecule has 2 rings (SSSR count). The van der Waals surface area contributed by atoms with Gasteiger partial charge in [-0.1, -0.05) is 0 Å². The predicted octanol–water partition coefficient (Wildman–Crippen LogP) is 3.47. The number of hydrogen-bond acceptors (Lipinski definition) is 2. The zero-order valence-corrected chi connectivity index (χ0v) is 14.9. The summed E-state index contributed by atoms with van der Waals surface area (Å²) in [6, 6.07) is 3.51. The topological polar surface area (TPSA) is 63.1 Å². The van der Waals surface area contributed by atoms with Crippen molar-refractivity contribution in [1.29, 1.82) is 0 Å². The highest BCUT2D eigenvalue weighted by molar-refractivity contribution is 6.00. The van der Waals surface area contributed by atoms with Gasteiger partial charge in [-0.15, -0.1) is 0 Å². The molecule has 140 valence electrons. The quantitative estimate of drug-likeness (QED) is 0.795. The molecule has 1 aromatic heterocycles. The molecule has 1 heterocycles. The van der Waals surface area contributed by atoms with Crippen molar-refractivity contribution in [3.8, 4) is 0 Å². The minimum Gasteiger partial charge on any atom is -0.346 e. The fourth-order valence-electron chi connectivity index (χ4n) is 2.87. The first-order valence-corrected chi connectivity index (χ1v) is 8.03. The number of carbonyl (C=O) groups is 2. The molecule has 0 fully saturated rings. The third kappa shape index (κ3) is 3.89. The fourth-order valence-corrected chi connectivity index (χ4v) is 2.87. The number of nitrogens with one attached hydrogen (secondary N) is 2. The highest BCUT2D eigenvalue weighted by Crippen LogP contribution is 2.21. The van der Waals surface area contributed by atoms with Crippen LogP contribution in [0, 0.1) is 31.3 Å². The lowest BCUT2D eigenvalue weighted by Crippen LogP contribution is -2.33. The second kappa shape index (κ2) is 7.63. The van der Waals surface area contributed by atoms with E-state index in [1.54, 1.807) is 13.0 Å². The van der Waals surface area contributed by atoms with Crippen LogP contribution in [0.5, 0.6) is 0 Å². The zero-order valence-electron chi connectivity index (χ0n) is 14.9. The molecule has 0 atom stereocenters. The Morgan fingerprint density at radius 2 is 1.77 bits per heavy atom. The maximum absolute atomic E-state index is 13.5. The fraction of sp³-hybridized carbons (Fsp3) is 0.333. The molecular weight excluding hydrogens is 347 g/mol. The molecule has 0 saturated heterocycles. The summed E-state index contributed by atoms with van der Waals surface area (Å²) < 4.78 is 41.6. The summed E-state index contributed by atoms with van der Waals surface area (Å²) in [6.45, 7) is 7.22. The van der Waals surface area contributed by atoms with E-state index in [0.717, 1.165) is 17.5 Å². The third-order valence-electron chi connectivity index (χ3n) is 3.96. The van der Waals surface area contributed by atoms with E-state index in [4.69, 9.17) is 0 Å². The Morgan fingerprint density at radius 1 is 1.12 bits per heavy atom. The van der Waals surface area contributed by atoms with Gasteiger partial charge in [0.1, 0.15) is 0 Å². The lowest BCUT2D eigenvalue weighted by Gasteiger charge is -2.13. The van der Waals surface area contributed by atoms with Crippen LogP contribution in [0.25, 0.3) is 0 Å². The van der Waals surface area contributed by atoms with Gasteiger partial charge in [0.2, 0.25) is 5.91 Å². The number of rotatable bonds is 5. The van der Waals surface area contributed by atoms with Crippen molar-refractivity contribution < 1.29 is 22.8 Å². The molecule has 2 aromatic rings. The van der Waals surface area contributed by atoms with Crippen molar-refractivity contribution in [2.75, 3.05) is 11.9 Å². The maximum atomic E-state index is 13.5. The average molecular weight is 367 g/mol. The number of nitrogens with zero attached hydrogens (tertiary/aromatic N) is 1. The van der Waals surface area contributed by atoms with Crippen LogP contribution in [0.15, 0.2) is 18.2 Å². The van der Waals surface area contributed by atoms with E-state index in [1.807, 2.05) is 25.3 Å². The molecule has 1 aromatic carbocycles. The lowest BCUT2D eigenvalue weighted by molar-refractivity contribution is -0.115. The molecule has 8 heteroatoms. The van der Waals surface area contributed by atoms with Crippen molar-refractivity contribution in [3.05, 3.63) is 52.6 Å². The van der Waals surface area contributed by atoms with Gasteiger partial charge in [0.25, 0.3) is 5.91 Å². The van der Waals surface area contributed by atoms with E-state index >= 15 is 0 Å². The van der Waals surface area contributed by atoms with Crippen molar-refractivity contribution >= 4 is 17.5 Å². The molecule has 0 spiro atoms. The van der Waals surface area contributed by atoms with Crippen molar-refractivity contribution in [3.63, 3.8) is 0 Å². The number of anilines is 1. The number of aryl methyl sites for hydroxylation is 1. The standard InChI is InChI=1S/C18H20F3N3O2/c1-9(2)24-10(3)7-12(11(24)4)18(26)22-8-15(25)23-14-6-5-13(19)16(20)17(14)21/h5-7,9H,8H2,1-4H3,(H,22,26)(H,23,25). The summed E-state index contributed by atoms with van der Waals surface area (Å²) >= 11 is 0. The predicted molar refractivity (Wildman–Crippen MR) is 91.6 cm³/mol. The number of amides is 2. The van der Waals surface area contributed by atoms with Gasteiger partial charge in [-0.05, 0) is 45.9 Å². The summed E-state index contributed by atoms with van der Waals surface area (Å²) in [6.07, 6.45) is 0. The second-order valence-electron chi connectivity index (χ2n) is 6.20. The summed E-state index contributed by atoms with van der Waals surface area (Å²) in [7, 11) is 0. The average Bonchev–Trinajstić information content (AvgIpc) is 2.88. The molecule has 26 heavy (non-hydrogen) atoms. The first-order chi connectivity index (χ1) is 12.1. The lowest BCUT2D eigenvalue weighted by atomic mass is 10.2. The molecule has 0 radical (unpaired) electrons. The van der Waals surface area contributed by atoms with E-state index in [0.29, 0.717) is 11.6 Å². The molecule has 5 nitrogen and oxygen atoms in total. The summed E-state index contributed by atoms with van der Waals surface area (Å²) in [5.41, 5.74) is 1.61. The Bertz CT molecular complexity index is 860. The van der Waals surface area contributed by atoms with Gasteiger partial charge in [0.05, 0.1) is 17.8 Å². The molecule has 2 N–H and O–H groups in total. The molecule has 0 aliphatic heterocycles. The van der Waals surface area contributed by atoms with Crippen LogP contribution in [-0.2, 0) is 4.79 Å². The van der Waals surface area contributed by atoms with Gasteiger partial charge >= 0.3 is 0 Å². The minimum atomic E-state index is -1.67. The zero-order chi connectivity index (χ0) is 19.6. The van der Waals surface area contributed by atoms with E-state index in [9.17, 15) is 22.8 Å². The van der Waals surface area contributed by atoms with E-state index in [2.05, 4.69) is 10.6 Å². The monoisotopic (exact) mass is 367 g/mol. The van der Waals surface area contributed by atoms with Crippen LogP contribution in [0.1, 0.15) is 41.6 Å². The smallest absolute Gasteiger partial charge is 0.253 e. The largest absolute Gasteiger partial charge is 0.346 e. The Kier molecular flexibility index (Phi) is 5.74. The van der Waals surface area contributed by atoms with Gasteiger partial charge < -0.3 is 15.2 Å². The van der Waals surface area contributed by atoms with E-state index < -0.39 is 41.5 Å². The highest BCUT2D eigenvalue weighted by atomic mass is 19.2. The molecule has 2 amide bonds. The van der Waals surface area contributed by atoms with Crippen LogP contribution in [0.4, 0.5) is 18.9 Å². The van der Waals surface area contributed by atoms with E-state index in [-0.39, 0.29) is 6.04 Å². The minimum absolute atomic E-state index is 0.177. The van der Waals surface area contributed by atoms with Crippen molar-refractivity contribution in [1.82, 2.24) is 9.88 Å². The van der Waals surface area contributed by atoms with Gasteiger partial charge in [0.15, 0.2) is 17.5 Å². The van der Waals surface area contributed by atoms with Gasteiger partial charge in [0, 0.05) is 17.4 Å². The number of carbonyl (C=O) groups excluding carboxylic acids is 2. The van der Waals surface area contributed by atoms with Crippen LogP contribution in [0.3, 0.4) is 0 Å². The molecular formula is C18H20F3N3O2. The maximum Gasteiger partial charge on any atom is 0.253 e. The normalized spacial score (nSPS) is 10.9. The Labute approximate surface area is 149 Å². The van der Waals surface area contributed by atoms with E-state index in [1.165, 1.54) is 0 Å². The van der Waals surface area contributed by atoms with Crippen LogP contribution in [-0.4, -0.2) is 22.9 Å². The van der Waals surface area contributed by atoms with Crippen LogP contribution in [0.2, 0.25) is 0 Å². The van der Waals surface area contributed by atoms with Crippen LogP contribution < -0.4 is 10.6 Å². The molecule has 0 bridgehead atoms. The van der Waals surface area contributed by atoms with Gasteiger partial charge in [-0.25, -0.2) is 13.2 Å². The highest BCUT2D eigenvalue weighted by Gasteiger charge is 2.19. The van der Waals surface area contributed by atoms with Crippen LogP contribution >= 0.6 is 0 Å².